The number of hydrogen-bond donors (Lipinski definition) is 1. The van der Waals surface area contributed by atoms with Gasteiger partial charge in [0.25, 0.3) is 0 Å². The second-order valence-corrected chi connectivity index (χ2v) is 3.07. The van der Waals surface area contributed by atoms with Gasteiger partial charge in [-0.3, -0.25) is 0 Å². The first-order chi connectivity index (χ1) is 5.86. The minimum atomic E-state index is 0.523. The van der Waals surface area contributed by atoms with Crippen molar-refractivity contribution in [2.24, 2.45) is 0 Å². The lowest BCUT2D eigenvalue weighted by Gasteiger charge is -2.06. The molecule has 2 heterocycles. The van der Waals surface area contributed by atoms with Crippen LogP contribution in [0.2, 0.25) is 0 Å². The Hall–Kier alpha value is -1.09. The molecule has 12 heavy (non-hydrogen) atoms. The van der Waals surface area contributed by atoms with E-state index >= 15 is 0 Å². The second kappa shape index (κ2) is 3.11. The van der Waals surface area contributed by atoms with Crippen LogP contribution in [0, 0.1) is 0 Å². The predicted octanol–water partition coefficient (Wildman–Crippen LogP) is 1.17. The molecule has 2 N–H and O–H groups in total. The number of hydrogen-bond acceptors (Lipinski definition) is 3. The summed E-state index contributed by atoms with van der Waals surface area (Å²) in [6.07, 6.45) is 2.85. The van der Waals surface area contributed by atoms with Gasteiger partial charge in [-0.25, -0.2) is 4.98 Å². The molecule has 0 aromatic carbocycles. The van der Waals surface area contributed by atoms with Crippen molar-refractivity contribution >= 4 is 5.82 Å². The van der Waals surface area contributed by atoms with E-state index in [-0.39, 0.29) is 0 Å². The summed E-state index contributed by atoms with van der Waals surface area (Å²) in [4.78, 5) is 3.95. The lowest BCUT2D eigenvalue weighted by molar-refractivity contribution is 0.194. The van der Waals surface area contributed by atoms with Gasteiger partial charge in [0.05, 0.1) is 6.61 Å². The third kappa shape index (κ3) is 1.41. The van der Waals surface area contributed by atoms with Crippen LogP contribution in [0.4, 0.5) is 5.82 Å². The average Bonchev–Trinajstić information content (AvgIpc) is 2.56. The molecule has 1 saturated heterocycles. The Labute approximate surface area is 71.6 Å². The van der Waals surface area contributed by atoms with E-state index in [1.54, 1.807) is 6.20 Å². The fraction of sp³-hybridized carbons (Fsp3) is 0.444. The molecule has 1 fully saturated rings. The lowest BCUT2D eigenvalue weighted by Crippen LogP contribution is -1.99. The monoisotopic (exact) mass is 164 g/mol. The third-order valence-electron chi connectivity index (χ3n) is 2.21. The highest BCUT2D eigenvalue weighted by atomic mass is 16.5. The molecule has 64 valence electrons. The van der Waals surface area contributed by atoms with Gasteiger partial charge in [-0.2, -0.15) is 0 Å². The van der Waals surface area contributed by atoms with Gasteiger partial charge < -0.3 is 10.5 Å². The first-order valence-electron chi connectivity index (χ1n) is 4.15. The van der Waals surface area contributed by atoms with Crippen LogP contribution in [-0.4, -0.2) is 18.2 Å². The molecule has 2 rings (SSSR count). The van der Waals surface area contributed by atoms with Crippen LogP contribution < -0.4 is 5.73 Å². The van der Waals surface area contributed by atoms with Gasteiger partial charge in [0, 0.05) is 18.7 Å². The Bertz CT molecular complexity index is 269. The van der Waals surface area contributed by atoms with Gasteiger partial charge in [-0.15, -0.1) is 0 Å². The SMILES string of the molecule is Nc1cc(C2CCOC2)ccn1. The molecule has 1 atom stereocenters. The van der Waals surface area contributed by atoms with E-state index in [2.05, 4.69) is 4.98 Å². The summed E-state index contributed by atoms with van der Waals surface area (Å²) in [7, 11) is 0. The van der Waals surface area contributed by atoms with E-state index in [1.807, 2.05) is 12.1 Å². The first-order valence-corrected chi connectivity index (χ1v) is 4.15. The number of ether oxygens (including phenoxy) is 1. The molecule has 3 heteroatoms. The maximum atomic E-state index is 5.57. The van der Waals surface area contributed by atoms with Crippen molar-refractivity contribution in [2.45, 2.75) is 12.3 Å². The van der Waals surface area contributed by atoms with Crippen LogP contribution in [0.5, 0.6) is 0 Å². The fourth-order valence-corrected chi connectivity index (χ4v) is 1.52. The van der Waals surface area contributed by atoms with E-state index in [1.165, 1.54) is 5.56 Å². The molecular weight excluding hydrogens is 152 g/mol. The van der Waals surface area contributed by atoms with Gasteiger partial charge in [-0.05, 0) is 24.1 Å². The van der Waals surface area contributed by atoms with Crippen molar-refractivity contribution in [3.63, 3.8) is 0 Å². The fourth-order valence-electron chi connectivity index (χ4n) is 1.52. The highest BCUT2D eigenvalue weighted by Gasteiger charge is 2.17. The number of rotatable bonds is 1. The first kappa shape index (κ1) is 7.55. The van der Waals surface area contributed by atoms with Crippen molar-refractivity contribution in [3.8, 4) is 0 Å². The van der Waals surface area contributed by atoms with Crippen molar-refractivity contribution in [3.05, 3.63) is 23.9 Å². The van der Waals surface area contributed by atoms with E-state index in [0.717, 1.165) is 19.6 Å². The van der Waals surface area contributed by atoms with Crippen LogP contribution in [0.25, 0.3) is 0 Å². The molecule has 0 radical (unpaired) electrons. The van der Waals surface area contributed by atoms with Gasteiger partial charge in [0.2, 0.25) is 0 Å². The lowest BCUT2D eigenvalue weighted by atomic mass is 10.00. The number of pyridine rings is 1. The number of nitrogens with zero attached hydrogens (tertiary/aromatic N) is 1. The Balaban J connectivity index is 2.21. The molecule has 3 nitrogen and oxygen atoms in total. The molecular formula is C9H12N2O. The summed E-state index contributed by atoms with van der Waals surface area (Å²) in [5, 5.41) is 0. The van der Waals surface area contributed by atoms with Gasteiger partial charge in [0.15, 0.2) is 0 Å². The molecule has 1 unspecified atom stereocenters. The van der Waals surface area contributed by atoms with Crippen molar-refractivity contribution in [2.75, 3.05) is 18.9 Å². The molecule has 1 aliphatic heterocycles. The topological polar surface area (TPSA) is 48.1 Å². The zero-order valence-electron chi connectivity index (χ0n) is 6.86. The molecule has 0 amide bonds. The van der Waals surface area contributed by atoms with Crippen molar-refractivity contribution < 1.29 is 4.74 Å². The largest absolute Gasteiger partial charge is 0.384 e. The Morgan fingerprint density at radius 1 is 1.58 bits per heavy atom. The van der Waals surface area contributed by atoms with Crippen LogP contribution in [0.1, 0.15) is 17.9 Å². The van der Waals surface area contributed by atoms with Gasteiger partial charge in [-0.1, -0.05) is 0 Å². The summed E-state index contributed by atoms with van der Waals surface area (Å²) < 4.78 is 5.29. The highest BCUT2D eigenvalue weighted by Crippen LogP contribution is 2.25. The molecule has 1 aliphatic rings. The number of aromatic nitrogens is 1. The van der Waals surface area contributed by atoms with Crippen LogP contribution >= 0.6 is 0 Å². The Kier molecular flexibility index (Phi) is 1.96. The maximum Gasteiger partial charge on any atom is 0.123 e. The van der Waals surface area contributed by atoms with Crippen LogP contribution in [0.15, 0.2) is 18.3 Å². The van der Waals surface area contributed by atoms with Gasteiger partial charge >= 0.3 is 0 Å². The summed E-state index contributed by atoms with van der Waals surface area (Å²) >= 11 is 0. The Morgan fingerprint density at radius 2 is 2.50 bits per heavy atom. The minimum Gasteiger partial charge on any atom is -0.384 e. The maximum absolute atomic E-state index is 5.57. The quantitative estimate of drug-likeness (QED) is 0.677. The van der Waals surface area contributed by atoms with E-state index in [4.69, 9.17) is 10.5 Å². The van der Waals surface area contributed by atoms with Crippen LogP contribution in [-0.2, 0) is 4.74 Å². The molecule has 0 aliphatic carbocycles. The Morgan fingerprint density at radius 3 is 3.17 bits per heavy atom. The summed E-state index contributed by atoms with van der Waals surface area (Å²) in [5.41, 5.74) is 6.82. The van der Waals surface area contributed by atoms with E-state index in [9.17, 15) is 0 Å². The summed E-state index contributed by atoms with van der Waals surface area (Å²) in [6, 6.07) is 3.94. The van der Waals surface area contributed by atoms with E-state index in [0.29, 0.717) is 11.7 Å². The second-order valence-electron chi connectivity index (χ2n) is 3.07. The molecule has 0 bridgehead atoms. The average molecular weight is 164 g/mol. The molecule has 1 aromatic rings. The zero-order valence-corrected chi connectivity index (χ0v) is 6.86. The van der Waals surface area contributed by atoms with Crippen LogP contribution in [0.3, 0.4) is 0 Å². The smallest absolute Gasteiger partial charge is 0.123 e. The molecule has 1 aromatic heterocycles. The predicted molar refractivity (Wildman–Crippen MR) is 46.8 cm³/mol. The molecule has 0 saturated carbocycles. The summed E-state index contributed by atoms with van der Waals surface area (Å²) in [6.45, 7) is 1.69. The zero-order chi connectivity index (χ0) is 8.39. The van der Waals surface area contributed by atoms with E-state index < -0.39 is 0 Å². The third-order valence-corrected chi connectivity index (χ3v) is 2.21. The van der Waals surface area contributed by atoms with Crippen molar-refractivity contribution in [1.82, 2.24) is 4.98 Å². The number of nitrogen functional groups attached to an aromatic ring is 1. The van der Waals surface area contributed by atoms with Crippen molar-refractivity contribution in [1.29, 1.82) is 0 Å². The number of nitrogens with two attached hydrogens (primary N) is 1. The standard InChI is InChI=1S/C9H12N2O/c10-9-5-7(1-3-11-9)8-2-4-12-6-8/h1,3,5,8H,2,4,6H2,(H2,10,11). The normalized spacial score (nSPS) is 22.8. The summed E-state index contributed by atoms with van der Waals surface area (Å²) in [5.74, 6) is 1.12. The van der Waals surface area contributed by atoms with Gasteiger partial charge in [0.1, 0.15) is 5.82 Å². The minimum absolute atomic E-state index is 0.523. The highest BCUT2D eigenvalue weighted by molar-refractivity contribution is 5.34. The molecule has 0 spiro atoms. The number of anilines is 1.